The molecule has 1 fully saturated rings. The van der Waals surface area contributed by atoms with Gasteiger partial charge in [-0.3, -0.25) is 14.5 Å². The smallest absolute Gasteiger partial charge is 0.258 e. The molecule has 0 unspecified atom stereocenters. The molecule has 158 valence electrons. The lowest BCUT2D eigenvalue weighted by Crippen LogP contribution is -2.42. The topological polar surface area (TPSA) is 96.0 Å². The Kier molecular flexibility index (Phi) is 5.59. The molecule has 2 aromatic rings. The summed E-state index contributed by atoms with van der Waals surface area (Å²) >= 11 is 0. The monoisotopic (exact) mass is 429 g/mol. The molecule has 0 aromatic heterocycles. The Morgan fingerprint density at radius 1 is 1.13 bits per heavy atom. The van der Waals surface area contributed by atoms with Gasteiger partial charge in [-0.2, -0.15) is 4.31 Å². The lowest BCUT2D eigenvalue weighted by molar-refractivity contribution is -0.115. The molecule has 0 bridgehead atoms. The molecule has 0 atom stereocenters. The zero-order valence-corrected chi connectivity index (χ0v) is 17.4. The van der Waals surface area contributed by atoms with Gasteiger partial charge < -0.3 is 10.1 Å². The number of amides is 2. The van der Waals surface area contributed by atoms with Crippen LogP contribution >= 0.6 is 0 Å². The van der Waals surface area contributed by atoms with E-state index in [-0.39, 0.29) is 36.0 Å². The Morgan fingerprint density at radius 2 is 1.87 bits per heavy atom. The third-order valence-corrected chi connectivity index (χ3v) is 7.28. The van der Waals surface area contributed by atoms with Crippen LogP contribution in [0.25, 0.3) is 0 Å². The highest BCUT2D eigenvalue weighted by Crippen LogP contribution is 2.31. The Bertz CT molecular complexity index is 1090. The SMILES string of the molecule is CCc1ccc(C(=O)N2CC(=O)Nc3ccccc32)cc1S(=O)(=O)N1CCOCC1. The molecular formula is C21H23N3O5S. The van der Waals surface area contributed by atoms with Crippen molar-refractivity contribution in [2.24, 2.45) is 0 Å². The highest BCUT2D eigenvalue weighted by atomic mass is 32.2. The van der Waals surface area contributed by atoms with Crippen molar-refractivity contribution in [2.45, 2.75) is 18.2 Å². The number of rotatable bonds is 4. The molecule has 30 heavy (non-hydrogen) atoms. The number of morpholine rings is 1. The fourth-order valence-corrected chi connectivity index (χ4v) is 5.44. The van der Waals surface area contributed by atoms with Crippen molar-refractivity contribution in [1.29, 1.82) is 0 Å². The second kappa shape index (κ2) is 8.17. The summed E-state index contributed by atoms with van der Waals surface area (Å²) in [6.07, 6.45) is 0.516. The minimum absolute atomic E-state index is 0.128. The number of sulfonamides is 1. The standard InChI is InChI=1S/C21H23N3O5S/c1-2-15-7-8-16(13-19(15)30(27,28)23-9-11-29-12-10-23)21(26)24-14-20(25)22-17-5-3-4-6-18(17)24/h3-8,13H,2,9-12,14H2,1H3,(H,22,25). The van der Waals surface area contributed by atoms with Crippen LogP contribution in [0.1, 0.15) is 22.8 Å². The lowest BCUT2D eigenvalue weighted by atomic mass is 10.1. The number of ether oxygens (including phenoxy) is 1. The second-order valence-corrected chi connectivity index (χ2v) is 9.06. The maximum absolute atomic E-state index is 13.3. The van der Waals surface area contributed by atoms with Crippen LogP contribution in [0.4, 0.5) is 11.4 Å². The molecule has 0 radical (unpaired) electrons. The van der Waals surface area contributed by atoms with Crippen molar-refractivity contribution in [3.63, 3.8) is 0 Å². The van der Waals surface area contributed by atoms with E-state index in [9.17, 15) is 18.0 Å². The number of nitrogens with zero attached hydrogens (tertiary/aromatic N) is 2. The van der Waals surface area contributed by atoms with Crippen LogP contribution in [0.2, 0.25) is 0 Å². The summed E-state index contributed by atoms with van der Waals surface area (Å²) in [4.78, 5) is 26.9. The summed E-state index contributed by atoms with van der Waals surface area (Å²) in [7, 11) is -3.76. The number of benzene rings is 2. The number of nitrogens with one attached hydrogen (secondary N) is 1. The number of carbonyl (C=O) groups excluding carboxylic acids is 2. The van der Waals surface area contributed by atoms with E-state index in [4.69, 9.17) is 4.74 Å². The number of hydrogen-bond acceptors (Lipinski definition) is 5. The highest BCUT2D eigenvalue weighted by Gasteiger charge is 2.31. The summed E-state index contributed by atoms with van der Waals surface area (Å²) < 4.78 is 33.2. The van der Waals surface area contributed by atoms with Crippen molar-refractivity contribution in [3.05, 3.63) is 53.6 Å². The number of hydrogen-bond donors (Lipinski definition) is 1. The fourth-order valence-electron chi connectivity index (χ4n) is 3.72. The molecule has 9 heteroatoms. The maximum atomic E-state index is 13.3. The quantitative estimate of drug-likeness (QED) is 0.801. The molecular weight excluding hydrogens is 406 g/mol. The molecule has 8 nitrogen and oxygen atoms in total. The predicted molar refractivity (Wildman–Crippen MR) is 112 cm³/mol. The van der Waals surface area contributed by atoms with Gasteiger partial charge in [-0.1, -0.05) is 25.1 Å². The average Bonchev–Trinajstić information content (AvgIpc) is 2.78. The average molecular weight is 429 g/mol. The van der Waals surface area contributed by atoms with Gasteiger partial charge in [0.05, 0.1) is 29.5 Å². The van der Waals surface area contributed by atoms with E-state index in [1.807, 2.05) is 6.92 Å². The van der Waals surface area contributed by atoms with Crippen molar-refractivity contribution >= 4 is 33.2 Å². The minimum atomic E-state index is -3.76. The van der Waals surface area contributed by atoms with E-state index >= 15 is 0 Å². The zero-order valence-electron chi connectivity index (χ0n) is 16.6. The molecule has 2 aliphatic heterocycles. The number of carbonyl (C=O) groups is 2. The summed E-state index contributed by atoms with van der Waals surface area (Å²) in [5, 5.41) is 2.75. The third kappa shape index (κ3) is 3.71. The maximum Gasteiger partial charge on any atom is 0.258 e. The van der Waals surface area contributed by atoms with Crippen molar-refractivity contribution in [3.8, 4) is 0 Å². The number of para-hydroxylation sites is 2. The van der Waals surface area contributed by atoms with Gasteiger partial charge in [0, 0.05) is 18.7 Å². The van der Waals surface area contributed by atoms with Crippen LogP contribution in [-0.4, -0.2) is 57.4 Å². The fraction of sp³-hybridized carbons (Fsp3) is 0.333. The summed E-state index contributed by atoms with van der Waals surface area (Å²) in [5.41, 5.74) is 2.01. The zero-order chi connectivity index (χ0) is 21.3. The summed E-state index contributed by atoms with van der Waals surface area (Å²) in [6.45, 7) is 3.00. The third-order valence-electron chi connectivity index (χ3n) is 5.30. The molecule has 0 aliphatic carbocycles. The van der Waals surface area contributed by atoms with Gasteiger partial charge in [0.25, 0.3) is 5.91 Å². The Balaban J connectivity index is 1.73. The first-order valence-corrected chi connectivity index (χ1v) is 11.3. The van der Waals surface area contributed by atoms with E-state index in [2.05, 4.69) is 5.32 Å². The molecule has 2 heterocycles. The molecule has 1 saturated heterocycles. The first kappa shape index (κ1) is 20.5. The van der Waals surface area contributed by atoms with Gasteiger partial charge >= 0.3 is 0 Å². The van der Waals surface area contributed by atoms with Crippen LogP contribution < -0.4 is 10.2 Å². The van der Waals surface area contributed by atoms with Crippen LogP contribution in [0.15, 0.2) is 47.4 Å². The molecule has 0 spiro atoms. The van der Waals surface area contributed by atoms with Crippen molar-refractivity contribution < 1.29 is 22.7 Å². The number of fused-ring (bicyclic) bond motifs is 1. The van der Waals surface area contributed by atoms with E-state index in [0.717, 1.165) is 0 Å². The van der Waals surface area contributed by atoms with Gasteiger partial charge in [0.2, 0.25) is 15.9 Å². The van der Waals surface area contributed by atoms with Gasteiger partial charge in [0.1, 0.15) is 6.54 Å². The van der Waals surface area contributed by atoms with Crippen LogP contribution in [0.3, 0.4) is 0 Å². The number of anilines is 2. The van der Waals surface area contributed by atoms with E-state index in [1.54, 1.807) is 36.4 Å². The first-order chi connectivity index (χ1) is 14.4. The van der Waals surface area contributed by atoms with Crippen LogP contribution in [0.5, 0.6) is 0 Å². The molecule has 4 rings (SSSR count). The largest absolute Gasteiger partial charge is 0.379 e. The molecule has 2 aromatic carbocycles. The van der Waals surface area contributed by atoms with Gasteiger partial charge in [-0.15, -0.1) is 0 Å². The second-order valence-electron chi connectivity index (χ2n) is 7.15. The summed E-state index contributed by atoms with van der Waals surface area (Å²) in [6, 6.07) is 11.8. The van der Waals surface area contributed by atoms with Gasteiger partial charge in [0.15, 0.2) is 0 Å². The molecule has 1 N–H and O–H groups in total. The Morgan fingerprint density at radius 3 is 2.60 bits per heavy atom. The minimum Gasteiger partial charge on any atom is -0.379 e. The summed E-state index contributed by atoms with van der Waals surface area (Å²) in [5.74, 6) is -0.716. The first-order valence-electron chi connectivity index (χ1n) is 9.83. The Hall–Kier alpha value is -2.75. The lowest BCUT2D eigenvalue weighted by Gasteiger charge is -2.30. The van der Waals surface area contributed by atoms with Crippen molar-refractivity contribution in [1.82, 2.24) is 4.31 Å². The van der Waals surface area contributed by atoms with E-state index in [1.165, 1.54) is 15.3 Å². The Labute approximate surface area is 175 Å². The molecule has 2 amide bonds. The highest BCUT2D eigenvalue weighted by molar-refractivity contribution is 7.89. The van der Waals surface area contributed by atoms with Crippen LogP contribution in [0, 0.1) is 0 Å². The normalized spacial score (nSPS) is 17.4. The molecule has 0 saturated carbocycles. The van der Waals surface area contributed by atoms with Crippen LogP contribution in [-0.2, 0) is 26.0 Å². The number of aryl methyl sites for hydroxylation is 1. The molecule has 2 aliphatic rings. The van der Waals surface area contributed by atoms with Crippen molar-refractivity contribution in [2.75, 3.05) is 43.1 Å². The van der Waals surface area contributed by atoms with Gasteiger partial charge in [-0.25, -0.2) is 8.42 Å². The van der Waals surface area contributed by atoms with Gasteiger partial charge in [-0.05, 0) is 36.2 Å². The predicted octanol–water partition coefficient (Wildman–Crippen LogP) is 1.87. The van der Waals surface area contributed by atoms with E-state index in [0.29, 0.717) is 36.6 Å². The van der Waals surface area contributed by atoms with E-state index < -0.39 is 15.9 Å².